The number of aromatic amines is 1. The molecule has 3 aromatic carbocycles. The van der Waals surface area contributed by atoms with E-state index in [0.717, 1.165) is 45.0 Å². The molecule has 2 amide bonds. The van der Waals surface area contributed by atoms with Crippen molar-refractivity contribution in [3.63, 3.8) is 0 Å². The third-order valence-electron chi connectivity index (χ3n) is 7.51. The van der Waals surface area contributed by atoms with Gasteiger partial charge in [-0.25, -0.2) is 14.2 Å². The summed E-state index contributed by atoms with van der Waals surface area (Å²) in [7, 11) is 0. The Kier molecular flexibility index (Phi) is 6.60. The van der Waals surface area contributed by atoms with Gasteiger partial charge >= 0.3 is 6.03 Å². The molecule has 0 radical (unpaired) electrons. The zero-order valence-corrected chi connectivity index (χ0v) is 21.7. The highest BCUT2D eigenvalue weighted by atomic mass is 19.1. The molecule has 0 aliphatic carbocycles. The van der Waals surface area contributed by atoms with Crippen molar-refractivity contribution in [2.24, 2.45) is 0 Å². The van der Waals surface area contributed by atoms with E-state index in [-0.39, 0.29) is 24.1 Å². The molecule has 4 aromatic rings. The van der Waals surface area contributed by atoms with Crippen LogP contribution < -0.4 is 4.74 Å². The molecular formula is C31H29FN4O3. The van der Waals surface area contributed by atoms with Gasteiger partial charge in [0.2, 0.25) is 0 Å². The number of rotatable bonds is 3. The lowest BCUT2D eigenvalue weighted by Crippen LogP contribution is -2.48. The second kappa shape index (κ2) is 10.4. The predicted molar refractivity (Wildman–Crippen MR) is 146 cm³/mol. The molecule has 198 valence electrons. The van der Waals surface area contributed by atoms with Crippen molar-refractivity contribution in [3.05, 3.63) is 95.6 Å². The first-order valence-electron chi connectivity index (χ1n) is 13.2. The molecule has 0 saturated carbocycles. The van der Waals surface area contributed by atoms with Crippen molar-refractivity contribution in [3.8, 4) is 28.3 Å². The Morgan fingerprint density at radius 2 is 1.79 bits per heavy atom. The minimum absolute atomic E-state index is 0.108. The van der Waals surface area contributed by atoms with Gasteiger partial charge in [-0.05, 0) is 53.4 Å². The van der Waals surface area contributed by atoms with Gasteiger partial charge in [-0.3, -0.25) is 4.79 Å². The average molecular weight is 525 g/mol. The van der Waals surface area contributed by atoms with E-state index in [4.69, 9.17) is 4.74 Å². The highest BCUT2D eigenvalue weighted by Gasteiger charge is 2.35. The van der Waals surface area contributed by atoms with Gasteiger partial charge in [0.05, 0.1) is 19.1 Å². The lowest BCUT2D eigenvalue weighted by atomic mass is 9.94. The molecule has 2 aliphatic heterocycles. The van der Waals surface area contributed by atoms with Crippen molar-refractivity contribution < 1.29 is 18.7 Å². The van der Waals surface area contributed by atoms with Crippen LogP contribution in [0.4, 0.5) is 9.18 Å². The van der Waals surface area contributed by atoms with Gasteiger partial charge in [-0.1, -0.05) is 36.4 Å². The number of carbonyl (C=O) groups excluding carboxylic acids is 2. The van der Waals surface area contributed by atoms with E-state index in [9.17, 15) is 14.0 Å². The van der Waals surface area contributed by atoms with E-state index in [1.807, 2.05) is 19.1 Å². The number of imidazole rings is 1. The number of nitrogens with one attached hydrogen (secondary N) is 1. The van der Waals surface area contributed by atoms with Gasteiger partial charge in [-0.15, -0.1) is 0 Å². The molecule has 1 atom stereocenters. The number of H-pyrrole nitrogens is 1. The zero-order chi connectivity index (χ0) is 26.9. The highest BCUT2D eigenvalue weighted by Crippen LogP contribution is 2.35. The number of carbonyl (C=O) groups is 2. The van der Waals surface area contributed by atoms with E-state index >= 15 is 0 Å². The number of aromatic nitrogens is 2. The Labute approximate surface area is 226 Å². The molecule has 6 rings (SSSR count). The van der Waals surface area contributed by atoms with Crippen molar-refractivity contribution in [2.45, 2.75) is 32.4 Å². The number of amides is 2. The maximum atomic E-state index is 13.9. The standard InChI is InChI=1S/C31H29FN4O3/c1-20-16-24(21-2-4-23(5-3-21)30-33-11-12-34-30)17-25-19-35(14-15-39-29(20)25)31(38)36-13-10-27(37)18-28(36)22-6-8-26(32)9-7-22/h2-9,11-12,16-17,28H,10,13-15,18-19H2,1H3,(H,33,34)/t28-/m0/s1. The fourth-order valence-electron chi connectivity index (χ4n) is 5.51. The molecule has 1 N–H and O–H groups in total. The maximum Gasteiger partial charge on any atom is 0.320 e. The number of ketones is 1. The number of piperidine rings is 1. The minimum Gasteiger partial charge on any atom is -0.491 e. The fraction of sp³-hybridized carbons (Fsp3) is 0.258. The van der Waals surface area contributed by atoms with Gasteiger partial charge in [-0.2, -0.15) is 0 Å². The number of urea groups is 1. The summed E-state index contributed by atoms with van der Waals surface area (Å²) in [6.07, 6.45) is 4.09. The van der Waals surface area contributed by atoms with E-state index in [0.29, 0.717) is 32.7 Å². The molecule has 8 heteroatoms. The smallest absolute Gasteiger partial charge is 0.320 e. The van der Waals surface area contributed by atoms with E-state index in [2.05, 4.69) is 34.2 Å². The molecule has 0 spiro atoms. The maximum absolute atomic E-state index is 13.9. The molecule has 1 aromatic heterocycles. The number of fused-ring (bicyclic) bond motifs is 1. The average Bonchev–Trinajstić information content (AvgIpc) is 3.40. The summed E-state index contributed by atoms with van der Waals surface area (Å²) in [5, 5.41) is 0. The van der Waals surface area contributed by atoms with Gasteiger partial charge in [0.15, 0.2) is 0 Å². The van der Waals surface area contributed by atoms with Crippen LogP contribution in [-0.4, -0.2) is 51.3 Å². The Morgan fingerprint density at radius 3 is 2.54 bits per heavy atom. The molecule has 0 unspecified atom stereocenters. The number of aryl methyl sites for hydroxylation is 1. The first kappa shape index (κ1) is 24.9. The molecule has 0 bridgehead atoms. The normalized spacial score (nSPS) is 17.4. The molecule has 1 fully saturated rings. The number of halogens is 1. The Balaban J connectivity index is 1.27. The molecule has 39 heavy (non-hydrogen) atoms. The van der Waals surface area contributed by atoms with Gasteiger partial charge < -0.3 is 19.5 Å². The lowest BCUT2D eigenvalue weighted by Gasteiger charge is -2.38. The molecule has 1 saturated heterocycles. The lowest BCUT2D eigenvalue weighted by molar-refractivity contribution is -0.122. The zero-order valence-electron chi connectivity index (χ0n) is 21.7. The summed E-state index contributed by atoms with van der Waals surface area (Å²) in [6.45, 7) is 3.57. The summed E-state index contributed by atoms with van der Waals surface area (Å²) in [4.78, 5) is 37.2. The number of benzene rings is 3. The van der Waals surface area contributed by atoms with Crippen LogP contribution in [-0.2, 0) is 11.3 Å². The SMILES string of the molecule is Cc1cc(-c2ccc(-c3ncc[nH]3)cc2)cc2c1OCCN(C(=O)N1CCC(=O)C[C@H]1c1ccc(F)cc1)C2. The summed E-state index contributed by atoms with van der Waals surface area (Å²) in [5.41, 5.74) is 5.83. The minimum atomic E-state index is -0.413. The topological polar surface area (TPSA) is 78.5 Å². The number of ether oxygens (including phenoxy) is 1. The predicted octanol–water partition coefficient (Wildman–Crippen LogP) is 5.91. The van der Waals surface area contributed by atoms with Crippen LogP contribution in [0.1, 0.15) is 35.6 Å². The van der Waals surface area contributed by atoms with Crippen LogP contribution in [0.5, 0.6) is 5.75 Å². The van der Waals surface area contributed by atoms with Crippen molar-refractivity contribution in [1.29, 1.82) is 0 Å². The Bertz CT molecular complexity index is 1500. The molecule has 7 nitrogen and oxygen atoms in total. The molecule has 2 aliphatic rings. The molecule has 3 heterocycles. The number of likely N-dealkylation sites (tertiary alicyclic amines) is 1. The number of Topliss-reactive ketones (excluding diaryl/α,β-unsaturated/α-hetero) is 1. The quantitative estimate of drug-likeness (QED) is 0.361. The van der Waals surface area contributed by atoms with Crippen molar-refractivity contribution in [2.75, 3.05) is 19.7 Å². The first-order chi connectivity index (χ1) is 19.0. The van der Waals surface area contributed by atoms with Gasteiger partial charge in [0.25, 0.3) is 0 Å². The van der Waals surface area contributed by atoms with E-state index in [1.54, 1.807) is 34.3 Å². The summed E-state index contributed by atoms with van der Waals surface area (Å²) < 4.78 is 19.7. The van der Waals surface area contributed by atoms with Crippen LogP contribution in [0.2, 0.25) is 0 Å². The van der Waals surface area contributed by atoms with Crippen molar-refractivity contribution in [1.82, 2.24) is 19.8 Å². The highest BCUT2D eigenvalue weighted by molar-refractivity contribution is 5.84. The first-order valence-corrected chi connectivity index (χ1v) is 13.2. The second-order valence-corrected chi connectivity index (χ2v) is 10.1. The van der Waals surface area contributed by atoms with Crippen LogP contribution in [0.15, 0.2) is 73.1 Å². The van der Waals surface area contributed by atoms with Crippen molar-refractivity contribution >= 4 is 11.8 Å². The van der Waals surface area contributed by atoms with Crippen LogP contribution in [0.25, 0.3) is 22.5 Å². The Hall–Kier alpha value is -4.46. The van der Waals surface area contributed by atoms with Crippen LogP contribution in [0, 0.1) is 12.7 Å². The van der Waals surface area contributed by atoms with E-state index < -0.39 is 6.04 Å². The monoisotopic (exact) mass is 524 g/mol. The Morgan fingerprint density at radius 1 is 1.03 bits per heavy atom. The third-order valence-corrected chi connectivity index (χ3v) is 7.51. The number of hydrogen-bond donors (Lipinski definition) is 1. The summed E-state index contributed by atoms with van der Waals surface area (Å²) in [5.74, 6) is 1.39. The van der Waals surface area contributed by atoms with Crippen LogP contribution in [0.3, 0.4) is 0 Å². The van der Waals surface area contributed by atoms with Gasteiger partial charge in [0.1, 0.15) is 29.8 Å². The fourth-order valence-corrected chi connectivity index (χ4v) is 5.51. The van der Waals surface area contributed by atoms with Gasteiger partial charge in [0, 0.05) is 42.9 Å². The largest absolute Gasteiger partial charge is 0.491 e. The summed E-state index contributed by atoms with van der Waals surface area (Å²) >= 11 is 0. The number of hydrogen-bond acceptors (Lipinski definition) is 4. The summed E-state index contributed by atoms with van der Waals surface area (Å²) in [6, 6.07) is 17.9. The van der Waals surface area contributed by atoms with E-state index in [1.165, 1.54) is 12.1 Å². The number of nitrogens with zero attached hydrogens (tertiary/aromatic N) is 3. The molecular weight excluding hydrogens is 495 g/mol. The second-order valence-electron chi connectivity index (χ2n) is 10.1. The van der Waals surface area contributed by atoms with Crippen LogP contribution >= 0.6 is 0 Å². The third kappa shape index (κ3) is 5.02.